The van der Waals surface area contributed by atoms with Crippen LogP contribution in [0.2, 0.25) is 0 Å². The Bertz CT molecular complexity index is 1060. The molecule has 1 aliphatic rings. The molecule has 1 fully saturated rings. The summed E-state index contributed by atoms with van der Waals surface area (Å²) in [4.78, 5) is 18.2. The highest BCUT2D eigenvalue weighted by molar-refractivity contribution is 6.06. The largest absolute Gasteiger partial charge is 0.466 e. The molecule has 0 unspecified atom stereocenters. The monoisotopic (exact) mass is 395 g/mol. The SMILES string of the molecule is Cc1cc(-c2cc(C(=O)NC3(CN)CCCC3)c3cnn(C(C)C)c3n2)c(C)o1. The van der Waals surface area contributed by atoms with Crippen molar-refractivity contribution in [2.24, 2.45) is 5.73 Å². The van der Waals surface area contributed by atoms with Gasteiger partial charge in [0.05, 0.1) is 28.4 Å². The molecule has 3 aromatic heterocycles. The lowest BCUT2D eigenvalue weighted by molar-refractivity contribution is 0.0905. The molecule has 1 saturated carbocycles. The molecule has 0 bridgehead atoms. The fourth-order valence-corrected chi connectivity index (χ4v) is 4.35. The molecule has 0 atom stereocenters. The van der Waals surface area contributed by atoms with Crippen LogP contribution >= 0.6 is 0 Å². The molecule has 154 valence electrons. The maximum atomic E-state index is 13.4. The molecular weight excluding hydrogens is 366 g/mol. The summed E-state index contributed by atoms with van der Waals surface area (Å²) in [5.74, 6) is 1.48. The van der Waals surface area contributed by atoms with Crippen LogP contribution in [0, 0.1) is 13.8 Å². The number of aryl methyl sites for hydroxylation is 2. The molecule has 3 heterocycles. The van der Waals surface area contributed by atoms with Gasteiger partial charge >= 0.3 is 0 Å². The Hall–Kier alpha value is -2.67. The van der Waals surface area contributed by atoms with Crippen LogP contribution in [0.25, 0.3) is 22.3 Å². The number of pyridine rings is 1. The number of fused-ring (bicyclic) bond motifs is 1. The van der Waals surface area contributed by atoms with Crippen LogP contribution in [0.1, 0.15) is 67.5 Å². The van der Waals surface area contributed by atoms with Crippen molar-refractivity contribution < 1.29 is 9.21 Å². The quantitative estimate of drug-likeness (QED) is 0.683. The first-order valence-electron chi connectivity index (χ1n) is 10.3. The summed E-state index contributed by atoms with van der Waals surface area (Å²) in [5, 5.41) is 8.48. The summed E-state index contributed by atoms with van der Waals surface area (Å²) in [6, 6.07) is 3.93. The second-order valence-corrected chi connectivity index (χ2v) is 8.45. The number of nitrogens with one attached hydrogen (secondary N) is 1. The van der Waals surface area contributed by atoms with Crippen LogP contribution in [-0.4, -0.2) is 32.8 Å². The van der Waals surface area contributed by atoms with E-state index in [1.54, 1.807) is 6.20 Å². The molecule has 0 aliphatic heterocycles. The highest BCUT2D eigenvalue weighted by Gasteiger charge is 2.35. The highest BCUT2D eigenvalue weighted by atomic mass is 16.3. The lowest BCUT2D eigenvalue weighted by Crippen LogP contribution is -2.51. The van der Waals surface area contributed by atoms with Crippen molar-refractivity contribution in [2.75, 3.05) is 6.54 Å². The standard InChI is InChI=1S/C22H29N5O2/c1-13(2)27-20-18(11-24-27)17(21(28)26-22(12-23)7-5-6-8-22)10-19(25-20)16-9-14(3)29-15(16)4/h9-11,13H,5-8,12,23H2,1-4H3,(H,26,28). The fourth-order valence-electron chi connectivity index (χ4n) is 4.35. The molecule has 1 aliphatic carbocycles. The third-order valence-electron chi connectivity index (χ3n) is 5.95. The van der Waals surface area contributed by atoms with Gasteiger partial charge in [0.25, 0.3) is 5.91 Å². The van der Waals surface area contributed by atoms with Crippen LogP contribution in [0.15, 0.2) is 22.7 Å². The molecule has 0 spiro atoms. The minimum absolute atomic E-state index is 0.118. The van der Waals surface area contributed by atoms with Crippen LogP contribution in [0.3, 0.4) is 0 Å². The minimum Gasteiger partial charge on any atom is -0.466 e. The topological polar surface area (TPSA) is 99.0 Å². The van der Waals surface area contributed by atoms with Gasteiger partial charge < -0.3 is 15.5 Å². The molecule has 29 heavy (non-hydrogen) atoms. The third kappa shape index (κ3) is 3.44. The lowest BCUT2D eigenvalue weighted by Gasteiger charge is -2.28. The van der Waals surface area contributed by atoms with E-state index in [1.165, 1.54) is 0 Å². The van der Waals surface area contributed by atoms with Crippen LogP contribution < -0.4 is 11.1 Å². The first-order valence-corrected chi connectivity index (χ1v) is 10.3. The Morgan fingerprint density at radius 3 is 2.62 bits per heavy atom. The molecule has 4 rings (SSSR count). The van der Waals surface area contributed by atoms with E-state index >= 15 is 0 Å². The maximum Gasteiger partial charge on any atom is 0.252 e. The number of furan rings is 1. The van der Waals surface area contributed by atoms with Crippen LogP contribution in [0.5, 0.6) is 0 Å². The van der Waals surface area contributed by atoms with Gasteiger partial charge in [-0.2, -0.15) is 5.10 Å². The molecule has 7 nitrogen and oxygen atoms in total. The molecule has 7 heteroatoms. The van der Waals surface area contributed by atoms with Crippen molar-refractivity contribution >= 4 is 16.9 Å². The molecule has 0 aromatic carbocycles. The summed E-state index contributed by atoms with van der Waals surface area (Å²) in [7, 11) is 0. The number of aromatic nitrogens is 3. The fraction of sp³-hybridized carbons (Fsp3) is 0.500. The van der Waals surface area contributed by atoms with E-state index in [9.17, 15) is 4.79 Å². The summed E-state index contributed by atoms with van der Waals surface area (Å²) in [6.07, 6.45) is 5.75. The van der Waals surface area contributed by atoms with E-state index in [1.807, 2.05) is 30.7 Å². The van der Waals surface area contributed by atoms with Gasteiger partial charge in [-0.3, -0.25) is 4.79 Å². The maximum absolute atomic E-state index is 13.4. The van der Waals surface area contributed by atoms with Gasteiger partial charge in [-0.15, -0.1) is 0 Å². The Morgan fingerprint density at radius 1 is 1.31 bits per heavy atom. The second kappa shape index (κ2) is 7.30. The van der Waals surface area contributed by atoms with Crippen molar-refractivity contribution in [1.29, 1.82) is 0 Å². The lowest BCUT2D eigenvalue weighted by atomic mass is 9.96. The molecule has 0 saturated heterocycles. The first kappa shape index (κ1) is 19.6. The number of hydrogen-bond donors (Lipinski definition) is 2. The van der Waals surface area contributed by atoms with Crippen molar-refractivity contribution in [1.82, 2.24) is 20.1 Å². The third-order valence-corrected chi connectivity index (χ3v) is 5.95. The summed E-state index contributed by atoms with van der Waals surface area (Å²) < 4.78 is 7.56. The highest BCUT2D eigenvalue weighted by Crippen LogP contribution is 2.32. The van der Waals surface area contributed by atoms with E-state index in [4.69, 9.17) is 15.1 Å². The summed E-state index contributed by atoms with van der Waals surface area (Å²) in [6.45, 7) is 8.37. The van der Waals surface area contributed by atoms with Gasteiger partial charge in [0.15, 0.2) is 5.65 Å². The zero-order chi connectivity index (χ0) is 20.8. The van der Waals surface area contributed by atoms with Crippen molar-refractivity contribution in [3.63, 3.8) is 0 Å². The van der Waals surface area contributed by atoms with E-state index in [0.717, 1.165) is 48.2 Å². The minimum atomic E-state index is -0.316. The number of nitrogens with zero attached hydrogens (tertiary/aromatic N) is 3. The smallest absolute Gasteiger partial charge is 0.252 e. The number of nitrogens with two attached hydrogens (primary N) is 1. The number of hydrogen-bond acceptors (Lipinski definition) is 5. The number of amides is 1. The van der Waals surface area contributed by atoms with Crippen LogP contribution in [-0.2, 0) is 0 Å². The van der Waals surface area contributed by atoms with Gasteiger partial charge in [0.1, 0.15) is 11.5 Å². The summed E-state index contributed by atoms with van der Waals surface area (Å²) >= 11 is 0. The molecule has 0 radical (unpaired) electrons. The zero-order valence-corrected chi connectivity index (χ0v) is 17.6. The molecule has 1 amide bonds. The number of rotatable bonds is 5. The average molecular weight is 396 g/mol. The number of carbonyl (C=O) groups is 1. The van der Waals surface area contributed by atoms with Crippen molar-refractivity contribution in [3.05, 3.63) is 35.4 Å². The van der Waals surface area contributed by atoms with Crippen LogP contribution in [0.4, 0.5) is 0 Å². The van der Waals surface area contributed by atoms with Crippen molar-refractivity contribution in [2.45, 2.75) is 65.0 Å². The normalized spacial score (nSPS) is 16.1. The van der Waals surface area contributed by atoms with Crippen molar-refractivity contribution in [3.8, 4) is 11.3 Å². The second-order valence-electron chi connectivity index (χ2n) is 8.45. The Kier molecular flexibility index (Phi) is 4.94. The number of carbonyl (C=O) groups excluding carboxylic acids is 1. The predicted molar refractivity (Wildman–Crippen MR) is 113 cm³/mol. The van der Waals surface area contributed by atoms with Gasteiger partial charge in [-0.05, 0) is 52.7 Å². The van der Waals surface area contributed by atoms with Gasteiger partial charge in [0, 0.05) is 18.2 Å². The predicted octanol–water partition coefficient (Wildman–Crippen LogP) is 3.89. The van der Waals surface area contributed by atoms with E-state index in [-0.39, 0.29) is 17.5 Å². The van der Waals surface area contributed by atoms with Gasteiger partial charge in [-0.25, -0.2) is 9.67 Å². The molecular formula is C22H29N5O2. The Balaban J connectivity index is 1.85. The average Bonchev–Trinajstić information content (AvgIpc) is 3.39. The van der Waals surface area contributed by atoms with E-state index in [2.05, 4.69) is 24.3 Å². The molecule has 3 N–H and O–H groups in total. The zero-order valence-electron chi connectivity index (χ0n) is 17.6. The van der Waals surface area contributed by atoms with Gasteiger partial charge in [-0.1, -0.05) is 12.8 Å². The van der Waals surface area contributed by atoms with E-state index < -0.39 is 0 Å². The Labute approximate surface area is 170 Å². The Morgan fingerprint density at radius 2 is 2.03 bits per heavy atom. The van der Waals surface area contributed by atoms with E-state index in [0.29, 0.717) is 23.4 Å². The first-order chi connectivity index (χ1) is 13.8. The molecule has 3 aromatic rings. The summed E-state index contributed by atoms with van der Waals surface area (Å²) in [5.41, 5.74) is 8.61. The van der Waals surface area contributed by atoms with Gasteiger partial charge in [0.2, 0.25) is 0 Å².